The van der Waals surface area contributed by atoms with Crippen LogP contribution in [0, 0.1) is 6.92 Å². The van der Waals surface area contributed by atoms with E-state index >= 15 is 0 Å². The molecule has 1 aliphatic heterocycles. The Labute approximate surface area is 169 Å². The Hall–Kier alpha value is -3.15. The lowest BCUT2D eigenvalue weighted by molar-refractivity contribution is 0.0735. The molecule has 1 N–H and O–H groups in total. The van der Waals surface area contributed by atoms with Crippen LogP contribution in [0.3, 0.4) is 0 Å². The lowest BCUT2D eigenvalue weighted by Crippen LogP contribution is -2.36. The van der Waals surface area contributed by atoms with Crippen molar-refractivity contribution in [3.63, 3.8) is 0 Å². The van der Waals surface area contributed by atoms with Crippen LogP contribution in [0.1, 0.15) is 53.6 Å². The van der Waals surface area contributed by atoms with Crippen molar-refractivity contribution in [2.75, 3.05) is 6.54 Å². The Balaban J connectivity index is 1.52. The van der Waals surface area contributed by atoms with Crippen LogP contribution in [-0.4, -0.2) is 37.1 Å². The van der Waals surface area contributed by atoms with Crippen molar-refractivity contribution in [3.05, 3.63) is 59.0 Å². The Morgan fingerprint density at radius 1 is 1.28 bits per heavy atom. The Kier molecular flexibility index (Phi) is 4.15. The lowest BCUT2D eigenvalue weighted by atomic mass is 10.0. The van der Waals surface area contributed by atoms with Gasteiger partial charge in [0.2, 0.25) is 0 Å². The monoisotopic (exact) mass is 387 g/mol. The number of rotatable bonds is 3. The van der Waals surface area contributed by atoms with Crippen molar-refractivity contribution in [1.29, 1.82) is 0 Å². The number of para-hydroxylation sites is 1. The summed E-state index contributed by atoms with van der Waals surface area (Å²) in [5.74, 6) is 0.0495. The van der Waals surface area contributed by atoms with Crippen LogP contribution in [0.15, 0.2) is 36.5 Å². The number of pyridine rings is 1. The van der Waals surface area contributed by atoms with Crippen molar-refractivity contribution in [2.24, 2.45) is 0 Å². The first-order valence-corrected chi connectivity index (χ1v) is 10.3. The highest BCUT2D eigenvalue weighted by Gasteiger charge is 2.27. The number of aromatic amines is 1. The topological polar surface area (TPSA) is 66.8 Å². The van der Waals surface area contributed by atoms with Gasteiger partial charge in [-0.3, -0.25) is 4.79 Å². The standard InChI is InChI=1S/C23H25N5O/c1-4-15(3)28-22-19(12-24-28)18(11-14(2)25-22)23(29)27-10-9-17-16-7-5-6-8-20(16)26-21(17)13-27/h5-8,11-12,15,26H,4,9-10,13H2,1-3H3. The average molecular weight is 387 g/mol. The number of nitrogens with one attached hydrogen (secondary N) is 1. The van der Waals surface area contributed by atoms with E-state index in [0.29, 0.717) is 12.1 Å². The highest BCUT2D eigenvalue weighted by molar-refractivity contribution is 6.05. The zero-order chi connectivity index (χ0) is 20.1. The molecule has 6 heteroatoms. The van der Waals surface area contributed by atoms with Gasteiger partial charge in [0.25, 0.3) is 5.91 Å². The SMILES string of the molecule is CCC(C)n1ncc2c(C(=O)N3CCc4c([nH]c5ccccc45)C3)cc(C)nc21. The third-order valence-corrected chi connectivity index (χ3v) is 6.10. The first-order chi connectivity index (χ1) is 14.1. The Bertz CT molecular complexity index is 1240. The van der Waals surface area contributed by atoms with Gasteiger partial charge in [0, 0.05) is 28.8 Å². The molecule has 0 bridgehead atoms. The average Bonchev–Trinajstić information content (AvgIpc) is 3.32. The Morgan fingerprint density at radius 2 is 2.10 bits per heavy atom. The summed E-state index contributed by atoms with van der Waals surface area (Å²) in [5.41, 5.74) is 5.96. The minimum atomic E-state index is 0.0495. The van der Waals surface area contributed by atoms with Crippen LogP contribution in [0.25, 0.3) is 21.9 Å². The molecule has 1 aliphatic rings. The largest absolute Gasteiger partial charge is 0.357 e. The fourth-order valence-corrected chi connectivity index (χ4v) is 4.35. The van der Waals surface area contributed by atoms with Crippen molar-refractivity contribution in [1.82, 2.24) is 24.6 Å². The molecule has 0 saturated carbocycles. The highest BCUT2D eigenvalue weighted by Crippen LogP contribution is 2.29. The molecule has 0 fully saturated rings. The summed E-state index contributed by atoms with van der Waals surface area (Å²) < 4.78 is 1.94. The molecule has 6 nitrogen and oxygen atoms in total. The molecular weight excluding hydrogens is 362 g/mol. The van der Waals surface area contributed by atoms with E-state index in [0.717, 1.165) is 47.3 Å². The molecule has 5 rings (SSSR count). The van der Waals surface area contributed by atoms with E-state index in [-0.39, 0.29) is 11.9 Å². The number of H-pyrrole nitrogens is 1. The Morgan fingerprint density at radius 3 is 2.93 bits per heavy atom. The van der Waals surface area contributed by atoms with Gasteiger partial charge in [-0.25, -0.2) is 9.67 Å². The summed E-state index contributed by atoms with van der Waals surface area (Å²) in [7, 11) is 0. The molecule has 148 valence electrons. The summed E-state index contributed by atoms with van der Waals surface area (Å²) in [6.45, 7) is 7.52. The molecule has 0 spiro atoms. The first kappa shape index (κ1) is 17.9. The first-order valence-electron chi connectivity index (χ1n) is 10.3. The number of carbonyl (C=O) groups excluding carboxylic acids is 1. The maximum Gasteiger partial charge on any atom is 0.255 e. The van der Waals surface area contributed by atoms with Crippen LogP contribution in [0.4, 0.5) is 0 Å². The minimum Gasteiger partial charge on any atom is -0.357 e. The number of nitrogens with zero attached hydrogens (tertiary/aromatic N) is 4. The molecule has 1 amide bonds. The van der Waals surface area contributed by atoms with Crippen molar-refractivity contribution < 1.29 is 4.79 Å². The number of hydrogen-bond acceptors (Lipinski definition) is 3. The van der Waals surface area contributed by atoms with E-state index in [4.69, 9.17) is 0 Å². The fourth-order valence-electron chi connectivity index (χ4n) is 4.35. The van der Waals surface area contributed by atoms with Crippen LogP contribution < -0.4 is 0 Å². The third-order valence-electron chi connectivity index (χ3n) is 6.10. The van der Waals surface area contributed by atoms with Gasteiger partial charge in [0.15, 0.2) is 5.65 Å². The molecule has 1 atom stereocenters. The van der Waals surface area contributed by atoms with Gasteiger partial charge in [-0.2, -0.15) is 5.10 Å². The molecule has 0 saturated heterocycles. The van der Waals surface area contributed by atoms with E-state index in [2.05, 4.69) is 47.1 Å². The number of fused-ring (bicyclic) bond motifs is 4. The van der Waals surface area contributed by atoms with E-state index in [1.165, 1.54) is 10.9 Å². The number of benzene rings is 1. The zero-order valence-electron chi connectivity index (χ0n) is 17.1. The van der Waals surface area contributed by atoms with Gasteiger partial charge in [-0.05, 0) is 44.4 Å². The summed E-state index contributed by atoms with van der Waals surface area (Å²) in [6, 6.07) is 10.5. The molecule has 4 heterocycles. The zero-order valence-corrected chi connectivity index (χ0v) is 17.1. The number of aromatic nitrogens is 4. The van der Waals surface area contributed by atoms with Crippen molar-refractivity contribution >= 4 is 27.8 Å². The molecule has 4 aromatic rings. The highest BCUT2D eigenvalue weighted by atomic mass is 16.2. The number of amides is 1. The molecule has 0 aliphatic carbocycles. The normalized spacial score (nSPS) is 15.1. The second kappa shape index (κ2) is 6.72. The number of hydrogen-bond donors (Lipinski definition) is 1. The van der Waals surface area contributed by atoms with E-state index < -0.39 is 0 Å². The van der Waals surface area contributed by atoms with Gasteiger partial charge in [-0.15, -0.1) is 0 Å². The molecule has 1 aromatic carbocycles. The van der Waals surface area contributed by atoms with Gasteiger partial charge in [-0.1, -0.05) is 25.1 Å². The second-order valence-electron chi connectivity index (χ2n) is 8.00. The van der Waals surface area contributed by atoms with Crippen LogP contribution in [-0.2, 0) is 13.0 Å². The second-order valence-corrected chi connectivity index (χ2v) is 8.00. The maximum atomic E-state index is 13.5. The smallest absolute Gasteiger partial charge is 0.255 e. The predicted molar refractivity (Wildman–Crippen MR) is 114 cm³/mol. The molecule has 0 radical (unpaired) electrons. The summed E-state index contributed by atoms with van der Waals surface area (Å²) in [6.07, 6.45) is 3.62. The maximum absolute atomic E-state index is 13.5. The summed E-state index contributed by atoms with van der Waals surface area (Å²) >= 11 is 0. The fraction of sp³-hybridized carbons (Fsp3) is 0.348. The van der Waals surface area contributed by atoms with Crippen LogP contribution in [0.5, 0.6) is 0 Å². The van der Waals surface area contributed by atoms with Crippen molar-refractivity contribution in [2.45, 2.75) is 46.2 Å². The third kappa shape index (κ3) is 2.82. The summed E-state index contributed by atoms with van der Waals surface area (Å²) in [5, 5.41) is 6.64. The van der Waals surface area contributed by atoms with Gasteiger partial charge >= 0.3 is 0 Å². The van der Waals surface area contributed by atoms with Gasteiger partial charge in [0.05, 0.1) is 29.7 Å². The number of carbonyl (C=O) groups is 1. The van der Waals surface area contributed by atoms with E-state index in [1.807, 2.05) is 28.6 Å². The quantitative estimate of drug-likeness (QED) is 0.567. The molecular formula is C23H25N5O. The van der Waals surface area contributed by atoms with E-state index in [1.54, 1.807) is 6.20 Å². The lowest BCUT2D eigenvalue weighted by Gasteiger charge is -2.27. The van der Waals surface area contributed by atoms with Gasteiger partial charge in [0.1, 0.15) is 0 Å². The molecule has 29 heavy (non-hydrogen) atoms. The van der Waals surface area contributed by atoms with Crippen molar-refractivity contribution in [3.8, 4) is 0 Å². The summed E-state index contributed by atoms with van der Waals surface area (Å²) in [4.78, 5) is 23.6. The van der Waals surface area contributed by atoms with Gasteiger partial charge < -0.3 is 9.88 Å². The van der Waals surface area contributed by atoms with Crippen LogP contribution in [0.2, 0.25) is 0 Å². The minimum absolute atomic E-state index is 0.0495. The van der Waals surface area contributed by atoms with E-state index in [9.17, 15) is 4.79 Å². The molecule has 1 unspecified atom stereocenters. The predicted octanol–water partition coefficient (Wildman–Crippen LogP) is 4.39. The molecule has 3 aromatic heterocycles. The van der Waals surface area contributed by atoms with Crippen LogP contribution >= 0.6 is 0 Å². The number of aryl methyl sites for hydroxylation is 1.